The van der Waals surface area contributed by atoms with E-state index in [-0.39, 0.29) is 0 Å². The van der Waals surface area contributed by atoms with Gasteiger partial charge in [0.25, 0.3) is 0 Å². The van der Waals surface area contributed by atoms with Crippen LogP contribution in [0.5, 0.6) is 0 Å². The van der Waals surface area contributed by atoms with Crippen LogP contribution in [0.15, 0.2) is 22.7 Å². The van der Waals surface area contributed by atoms with Gasteiger partial charge in [0.2, 0.25) is 0 Å². The van der Waals surface area contributed by atoms with Gasteiger partial charge < -0.3 is 15.5 Å². The fraction of sp³-hybridized carbons (Fsp3) is 0.579. The number of hydrogen-bond donors (Lipinski definition) is 2. The first-order valence-corrected chi connectivity index (χ1v) is 9.91. The number of rotatable bonds is 6. The van der Waals surface area contributed by atoms with Crippen molar-refractivity contribution in [2.24, 2.45) is 11.8 Å². The number of piperidine rings is 1. The molecule has 5 nitrogen and oxygen atoms in total. The van der Waals surface area contributed by atoms with Crippen molar-refractivity contribution in [2.75, 3.05) is 31.5 Å². The highest BCUT2D eigenvalue weighted by atomic mass is 79.9. The average Bonchev–Trinajstić information content (AvgIpc) is 2.56. The fourth-order valence-corrected chi connectivity index (χ4v) is 3.94. The zero-order valence-electron chi connectivity index (χ0n) is 15.4. The summed E-state index contributed by atoms with van der Waals surface area (Å²) in [5.41, 5.74) is 0.361. The highest BCUT2D eigenvalue weighted by Crippen LogP contribution is 2.23. The molecule has 0 aromatic heterocycles. The topological polar surface area (TPSA) is 61.4 Å². The molecule has 7 heteroatoms. The summed E-state index contributed by atoms with van der Waals surface area (Å²) in [5, 5.41) is 5.10. The number of hydrogen-bond acceptors (Lipinski definition) is 3. The average molecular weight is 428 g/mol. The number of likely N-dealkylation sites (tertiary alicyclic amines) is 1. The minimum absolute atomic E-state index is 0.361. The van der Waals surface area contributed by atoms with Crippen molar-refractivity contribution in [3.8, 4) is 0 Å². The van der Waals surface area contributed by atoms with Gasteiger partial charge in [0.05, 0.1) is 5.69 Å². The Morgan fingerprint density at radius 3 is 2.54 bits per heavy atom. The van der Waals surface area contributed by atoms with Crippen LogP contribution in [-0.4, -0.2) is 42.9 Å². The molecule has 0 saturated carbocycles. The van der Waals surface area contributed by atoms with E-state index in [0.717, 1.165) is 44.3 Å². The van der Waals surface area contributed by atoms with Gasteiger partial charge in [-0.2, -0.15) is 0 Å². The Morgan fingerprint density at radius 1 is 1.19 bits per heavy atom. The Morgan fingerprint density at radius 2 is 1.88 bits per heavy atom. The number of amides is 2. The molecule has 1 heterocycles. The maximum atomic E-state index is 13.0. The van der Waals surface area contributed by atoms with Gasteiger partial charge in [-0.15, -0.1) is 0 Å². The number of halogens is 2. The molecule has 0 spiro atoms. The third-order valence-electron chi connectivity index (χ3n) is 4.52. The normalized spacial score (nSPS) is 20.6. The van der Waals surface area contributed by atoms with Gasteiger partial charge in [-0.05, 0) is 71.8 Å². The van der Waals surface area contributed by atoms with Crippen molar-refractivity contribution in [2.45, 2.75) is 33.1 Å². The lowest BCUT2D eigenvalue weighted by Gasteiger charge is -2.34. The van der Waals surface area contributed by atoms with E-state index in [4.69, 9.17) is 0 Å². The predicted molar refractivity (Wildman–Crippen MR) is 104 cm³/mol. The van der Waals surface area contributed by atoms with Crippen LogP contribution < -0.4 is 10.6 Å². The Kier molecular flexibility index (Phi) is 8.03. The van der Waals surface area contributed by atoms with Crippen molar-refractivity contribution in [1.29, 1.82) is 0 Å². The van der Waals surface area contributed by atoms with Gasteiger partial charge in [-0.3, -0.25) is 9.59 Å². The van der Waals surface area contributed by atoms with Gasteiger partial charge in [0, 0.05) is 24.1 Å². The fourth-order valence-electron chi connectivity index (χ4n) is 3.49. The van der Waals surface area contributed by atoms with E-state index >= 15 is 0 Å². The summed E-state index contributed by atoms with van der Waals surface area (Å²) < 4.78 is 13.4. The first kappa shape index (κ1) is 20.8. The van der Waals surface area contributed by atoms with Crippen LogP contribution >= 0.6 is 15.9 Å². The molecule has 0 aliphatic carbocycles. The molecule has 1 fully saturated rings. The largest absolute Gasteiger partial charge is 0.348 e. The van der Waals surface area contributed by atoms with Crippen LogP contribution in [0.25, 0.3) is 0 Å². The number of carbonyl (C=O) groups excluding carboxylic acids is 2. The highest BCUT2D eigenvalue weighted by Gasteiger charge is 2.21. The predicted octanol–water partition coefficient (Wildman–Crippen LogP) is 3.40. The molecule has 1 aliphatic heterocycles. The summed E-state index contributed by atoms with van der Waals surface area (Å²) in [5.74, 6) is -0.366. The number of carbonyl (C=O) groups is 2. The number of anilines is 1. The van der Waals surface area contributed by atoms with Crippen LogP contribution in [-0.2, 0) is 9.59 Å². The summed E-state index contributed by atoms with van der Waals surface area (Å²) in [6.07, 6.45) is 3.12. The van der Waals surface area contributed by atoms with E-state index in [1.165, 1.54) is 24.6 Å². The number of benzene rings is 1. The molecular formula is C19H27BrFN3O2. The van der Waals surface area contributed by atoms with E-state index < -0.39 is 17.6 Å². The molecule has 26 heavy (non-hydrogen) atoms. The van der Waals surface area contributed by atoms with E-state index in [9.17, 15) is 14.0 Å². The van der Waals surface area contributed by atoms with Crippen LogP contribution in [0.4, 0.5) is 10.1 Å². The van der Waals surface area contributed by atoms with Crippen molar-refractivity contribution in [3.63, 3.8) is 0 Å². The van der Waals surface area contributed by atoms with Crippen molar-refractivity contribution < 1.29 is 14.0 Å². The quantitative estimate of drug-likeness (QED) is 0.540. The Bertz CT molecular complexity index is 631. The van der Waals surface area contributed by atoms with Gasteiger partial charge in [-0.25, -0.2) is 4.39 Å². The van der Waals surface area contributed by atoms with Crippen LogP contribution in [0.1, 0.15) is 33.1 Å². The summed E-state index contributed by atoms with van der Waals surface area (Å²) in [6.45, 7) is 8.37. The van der Waals surface area contributed by atoms with Gasteiger partial charge in [0.1, 0.15) is 5.82 Å². The van der Waals surface area contributed by atoms with Gasteiger partial charge in [-0.1, -0.05) is 13.8 Å². The Hall–Kier alpha value is -1.47. The van der Waals surface area contributed by atoms with Crippen molar-refractivity contribution in [3.05, 3.63) is 28.5 Å². The van der Waals surface area contributed by atoms with E-state index in [0.29, 0.717) is 16.7 Å². The molecular weight excluding hydrogens is 401 g/mol. The maximum absolute atomic E-state index is 13.0. The van der Waals surface area contributed by atoms with Crippen molar-refractivity contribution >= 4 is 33.4 Å². The zero-order valence-corrected chi connectivity index (χ0v) is 16.9. The molecule has 1 aliphatic rings. The Labute approximate surface area is 162 Å². The van der Waals surface area contributed by atoms with Crippen LogP contribution in [0, 0.1) is 17.7 Å². The first-order chi connectivity index (χ1) is 12.3. The third-order valence-corrected chi connectivity index (χ3v) is 5.17. The second-order valence-electron chi connectivity index (χ2n) is 7.25. The molecule has 0 bridgehead atoms. The first-order valence-electron chi connectivity index (χ1n) is 9.11. The zero-order chi connectivity index (χ0) is 19.1. The number of nitrogens with one attached hydrogen (secondary N) is 2. The lowest BCUT2D eigenvalue weighted by Crippen LogP contribution is -2.39. The van der Waals surface area contributed by atoms with E-state index in [2.05, 4.69) is 45.3 Å². The number of nitrogens with zero attached hydrogens (tertiary/aromatic N) is 1. The second kappa shape index (κ2) is 10.0. The molecule has 0 radical (unpaired) electrons. The number of unbranched alkanes of at least 4 members (excludes halogenated alkanes) is 1. The van der Waals surface area contributed by atoms with Crippen LogP contribution in [0.3, 0.4) is 0 Å². The molecule has 144 valence electrons. The van der Waals surface area contributed by atoms with E-state index in [1.54, 1.807) is 0 Å². The molecule has 0 unspecified atom stereocenters. The SMILES string of the molecule is C[C@@H]1C[C@H](C)CN(CCCCNC(=O)C(=O)Nc2ccc(F)cc2Br)C1. The lowest BCUT2D eigenvalue weighted by atomic mass is 9.92. The maximum Gasteiger partial charge on any atom is 0.313 e. The van der Waals surface area contributed by atoms with E-state index in [1.807, 2.05) is 0 Å². The minimum Gasteiger partial charge on any atom is -0.348 e. The molecule has 1 aromatic carbocycles. The molecule has 2 N–H and O–H groups in total. The molecule has 2 amide bonds. The molecule has 2 rings (SSSR count). The standard InChI is InChI=1S/C19H27BrFN3O2/c1-13-9-14(2)12-24(11-13)8-4-3-7-22-18(25)19(26)23-17-6-5-15(21)10-16(17)20/h5-6,10,13-14H,3-4,7-9,11-12H2,1-2H3,(H,22,25)(H,23,26)/t13-,14+. The van der Waals surface area contributed by atoms with Crippen LogP contribution in [0.2, 0.25) is 0 Å². The molecule has 2 atom stereocenters. The van der Waals surface area contributed by atoms with Crippen molar-refractivity contribution in [1.82, 2.24) is 10.2 Å². The van der Waals surface area contributed by atoms with Gasteiger partial charge >= 0.3 is 11.8 Å². The molecule has 1 aromatic rings. The lowest BCUT2D eigenvalue weighted by molar-refractivity contribution is -0.136. The highest BCUT2D eigenvalue weighted by molar-refractivity contribution is 9.10. The van der Waals surface area contributed by atoms with Gasteiger partial charge in [0.15, 0.2) is 0 Å². The summed E-state index contributed by atoms with van der Waals surface area (Å²) in [7, 11) is 0. The second-order valence-corrected chi connectivity index (χ2v) is 8.10. The Balaban J connectivity index is 1.64. The summed E-state index contributed by atoms with van der Waals surface area (Å²) in [6, 6.07) is 3.86. The summed E-state index contributed by atoms with van der Waals surface area (Å²) >= 11 is 3.15. The monoisotopic (exact) mass is 427 g/mol. The smallest absolute Gasteiger partial charge is 0.313 e. The third kappa shape index (κ3) is 6.68. The molecule has 1 saturated heterocycles. The summed E-state index contributed by atoms with van der Waals surface area (Å²) in [4.78, 5) is 26.2. The minimum atomic E-state index is -0.754.